The van der Waals surface area contributed by atoms with Crippen molar-refractivity contribution in [3.05, 3.63) is 46.5 Å². The Balaban J connectivity index is 2.53. The van der Waals surface area contributed by atoms with Crippen LogP contribution in [-0.2, 0) is 6.42 Å². The Morgan fingerprint density at radius 3 is 2.89 bits per heavy atom. The number of aryl methyl sites for hydroxylation is 1. The zero-order valence-corrected chi connectivity index (χ0v) is 13.2. The van der Waals surface area contributed by atoms with Gasteiger partial charge in [-0.3, -0.25) is 0 Å². The summed E-state index contributed by atoms with van der Waals surface area (Å²) in [5, 5.41) is 3.31. The van der Waals surface area contributed by atoms with E-state index in [-0.39, 0.29) is 0 Å². The fourth-order valence-electron chi connectivity index (χ4n) is 2.21. The Kier molecular flexibility index (Phi) is 4.77. The molecule has 1 atom stereocenters. The number of rotatable bonds is 5. The molecule has 0 aliphatic heterocycles. The number of benzene rings is 1. The van der Waals surface area contributed by atoms with Gasteiger partial charge in [0.2, 0.25) is 0 Å². The van der Waals surface area contributed by atoms with Crippen molar-refractivity contribution in [2.75, 3.05) is 7.05 Å². The predicted molar refractivity (Wildman–Crippen MR) is 82.7 cm³/mol. The van der Waals surface area contributed by atoms with E-state index in [0.29, 0.717) is 6.04 Å². The summed E-state index contributed by atoms with van der Waals surface area (Å²) >= 11 is 3.56. The van der Waals surface area contributed by atoms with Gasteiger partial charge in [-0.1, -0.05) is 28.9 Å². The average molecular weight is 322 g/mol. The number of hydrogen-bond acceptors (Lipinski definition) is 2. The van der Waals surface area contributed by atoms with Crippen LogP contribution in [0.25, 0.3) is 5.69 Å². The minimum absolute atomic E-state index is 0.306. The molecule has 1 aromatic carbocycles. The van der Waals surface area contributed by atoms with Gasteiger partial charge in [-0.05, 0) is 38.1 Å². The molecule has 0 radical (unpaired) electrons. The topological polar surface area (TPSA) is 29.9 Å². The number of hydrogen-bond donors (Lipinski definition) is 1. The molecular formula is C15H20BrN3. The van der Waals surface area contributed by atoms with Gasteiger partial charge in [0.15, 0.2) is 0 Å². The van der Waals surface area contributed by atoms with Gasteiger partial charge in [0.1, 0.15) is 5.82 Å². The number of nitrogens with one attached hydrogen (secondary N) is 1. The van der Waals surface area contributed by atoms with E-state index in [0.717, 1.165) is 23.1 Å². The lowest BCUT2D eigenvalue weighted by Gasteiger charge is -2.18. The SMILES string of the molecule is CCCc1nccn1-c1cc(Br)ccc1C(C)NC. The highest BCUT2D eigenvalue weighted by Gasteiger charge is 2.13. The molecule has 0 spiro atoms. The highest BCUT2D eigenvalue weighted by Crippen LogP contribution is 2.26. The molecule has 2 rings (SSSR count). The van der Waals surface area contributed by atoms with E-state index in [1.54, 1.807) is 0 Å². The lowest BCUT2D eigenvalue weighted by molar-refractivity contribution is 0.645. The minimum Gasteiger partial charge on any atom is -0.313 e. The molecule has 19 heavy (non-hydrogen) atoms. The summed E-state index contributed by atoms with van der Waals surface area (Å²) in [4.78, 5) is 4.47. The molecule has 0 saturated carbocycles. The molecular weight excluding hydrogens is 302 g/mol. The van der Waals surface area contributed by atoms with Crippen molar-refractivity contribution in [2.24, 2.45) is 0 Å². The molecule has 0 aliphatic carbocycles. The molecule has 0 bridgehead atoms. The van der Waals surface area contributed by atoms with Gasteiger partial charge in [0, 0.05) is 29.3 Å². The third-order valence-corrected chi connectivity index (χ3v) is 3.84. The van der Waals surface area contributed by atoms with E-state index in [2.05, 4.69) is 62.8 Å². The maximum atomic E-state index is 4.47. The summed E-state index contributed by atoms with van der Waals surface area (Å²) in [5.74, 6) is 1.12. The van der Waals surface area contributed by atoms with Gasteiger partial charge >= 0.3 is 0 Å². The van der Waals surface area contributed by atoms with Crippen LogP contribution >= 0.6 is 15.9 Å². The van der Waals surface area contributed by atoms with E-state index in [1.807, 2.05) is 19.4 Å². The first-order valence-corrected chi connectivity index (χ1v) is 7.46. The molecule has 0 fully saturated rings. The van der Waals surface area contributed by atoms with Crippen molar-refractivity contribution >= 4 is 15.9 Å². The fourth-order valence-corrected chi connectivity index (χ4v) is 2.56. The van der Waals surface area contributed by atoms with Gasteiger partial charge in [-0.2, -0.15) is 0 Å². The third kappa shape index (κ3) is 3.07. The van der Waals surface area contributed by atoms with Crippen LogP contribution in [0.3, 0.4) is 0 Å². The van der Waals surface area contributed by atoms with Gasteiger partial charge < -0.3 is 9.88 Å². The van der Waals surface area contributed by atoms with Crippen molar-refractivity contribution in [1.29, 1.82) is 0 Å². The molecule has 1 N–H and O–H groups in total. The van der Waals surface area contributed by atoms with Gasteiger partial charge in [0.05, 0.1) is 5.69 Å². The average Bonchev–Trinajstić information content (AvgIpc) is 2.86. The van der Waals surface area contributed by atoms with Crippen LogP contribution in [0.2, 0.25) is 0 Å². The highest BCUT2D eigenvalue weighted by atomic mass is 79.9. The molecule has 1 unspecified atom stereocenters. The maximum Gasteiger partial charge on any atom is 0.113 e. The number of imidazole rings is 1. The first kappa shape index (κ1) is 14.3. The van der Waals surface area contributed by atoms with E-state index in [1.165, 1.54) is 11.3 Å². The Bertz CT molecular complexity index is 548. The van der Waals surface area contributed by atoms with Crippen LogP contribution in [-0.4, -0.2) is 16.6 Å². The standard InChI is InChI=1S/C15H20BrN3/c1-4-5-15-18-8-9-19(15)14-10-12(16)6-7-13(14)11(2)17-3/h6-11,17H,4-5H2,1-3H3. The molecule has 0 amide bonds. The number of aromatic nitrogens is 2. The van der Waals surface area contributed by atoms with Crippen molar-refractivity contribution in [3.8, 4) is 5.69 Å². The minimum atomic E-state index is 0.306. The summed E-state index contributed by atoms with van der Waals surface area (Å²) in [5.41, 5.74) is 2.47. The van der Waals surface area contributed by atoms with Gasteiger partial charge in [0.25, 0.3) is 0 Å². The molecule has 0 saturated heterocycles. The van der Waals surface area contributed by atoms with Crippen LogP contribution in [0.1, 0.15) is 37.7 Å². The quantitative estimate of drug-likeness (QED) is 0.906. The zero-order chi connectivity index (χ0) is 13.8. The second kappa shape index (κ2) is 6.35. The largest absolute Gasteiger partial charge is 0.313 e. The summed E-state index contributed by atoms with van der Waals surface area (Å²) in [6.07, 6.45) is 6.01. The van der Waals surface area contributed by atoms with Crippen molar-refractivity contribution in [2.45, 2.75) is 32.7 Å². The second-order valence-corrected chi connectivity index (χ2v) is 5.59. The maximum absolute atomic E-state index is 4.47. The lowest BCUT2D eigenvalue weighted by Crippen LogP contribution is -2.15. The Labute approximate surface area is 123 Å². The fraction of sp³-hybridized carbons (Fsp3) is 0.400. The van der Waals surface area contributed by atoms with Crippen LogP contribution in [0.5, 0.6) is 0 Å². The van der Waals surface area contributed by atoms with E-state index >= 15 is 0 Å². The van der Waals surface area contributed by atoms with Crippen molar-refractivity contribution in [3.63, 3.8) is 0 Å². The van der Waals surface area contributed by atoms with Gasteiger partial charge in [-0.25, -0.2) is 4.98 Å². The molecule has 1 heterocycles. The second-order valence-electron chi connectivity index (χ2n) is 4.68. The summed E-state index contributed by atoms with van der Waals surface area (Å²) in [6.45, 7) is 4.35. The predicted octanol–water partition coefficient (Wildman–Crippen LogP) is 3.87. The van der Waals surface area contributed by atoms with Crippen LogP contribution in [0, 0.1) is 0 Å². The van der Waals surface area contributed by atoms with E-state index < -0.39 is 0 Å². The third-order valence-electron chi connectivity index (χ3n) is 3.34. The first-order valence-electron chi connectivity index (χ1n) is 6.66. The number of halogens is 1. The monoisotopic (exact) mass is 321 g/mol. The van der Waals surface area contributed by atoms with Crippen molar-refractivity contribution < 1.29 is 0 Å². The van der Waals surface area contributed by atoms with Crippen molar-refractivity contribution in [1.82, 2.24) is 14.9 Å². The summed E-state index contributed by atoms with van der Waals surface area (Å²) < 4.78 is 3.28. The van der Waals surface area contributed by atoms with Crippen LogP contribution in [0.15, 0.2) is 35.1 Å². The van der Waals surface area contributed by atoms with E-state index in [4.69, 9.17) is 0 Å². The molecule has 4 heteroatoms. The highest BCUT2D eigenvalue weighted by molar-refractivity contribution is 9.10. The Morgan fingerprint density at radius 1 is 1.42 bits per heavy atom. The molecule has 102 valence electrons. The summed E-state index contributed by atoms with van der Waals surface area (Å²) in [6, 6.07) is 6.71. The smallest absolute Gasteiger partial charge is 0.113 e. The normalized spacial score (nSPS) is 12.6. The van der Waals surface area contributed by atoms with Crippen LogP contribution < -0.4 is 5.32 Å². The zero-order valence-electron chi connectivity index (χ0n) is 11.7. The van der Waals surface area contributed by atoms with Crippen LogP contribution in [0.4, 0.5) is 0 Å². The molecule has 3 nitrogen and oxygen atoms in total. The van der Waals surface area contributed by atoms with Gasteiger partial charge in [-0.15, -0.1) is 0 Å². The Morgan fingerprint density at radius 2 is 2.21 bits per heavy atom. The molecule has 1 aromatic heterocycles. The lowest BCUT2D eigenvalue weighted by atomic mass is 10.1. The Hall–Kier alpha value is -1.13. The summed E-state index contributed by atoms with van der Waals surface area (Å²) in [7, 11) is 1.98. The number of nitrogens with zero attached hydrogens (tertiary/aromatic N) is 2. The van der Waals surface area contributed by atoms with E-state index in [9.17, 15) is 0 Å². The first-order chi connectivity index (χ1) is 9.17. The molecule has 2 aromatic rings. The molecule has 0 aliphatic rings.